The van der Waals surface area contributed by atoms with Crippen molar-refractivity contribution in [3.05, 3.63) is 33.2 Å². The van der Waals surface area contributed by atoms with Gasteiger partial charge in [0.15, 0.2) is 12.4 Å². The van der Waals surface area contributed by atoms with Crippen molar-refractivity contribution in [1.29, 1.82) is 0 Å². The molecule has 0 aromatic carbocycles. The van der Waals surface area contributed by atoms with Gasteiger partial charge in [0, 0.05) is 6.07 Å². The first kappa shape index (κ1) is 14.0. The molecule has 0 saturated carbocycles. The second kappa shape index (κ2) is 6.18. The topological polar surface area (TPSA) is 59.6 Å². The van der Waals surface area contributed by atoms with Gasteiger partial charge in [-0.15, -0.1) is 11.3 Å². The number of carbonyl (C=O) groups excluding carboxylic acids is 1. The zero-order chi connectivity index (χ0) is 13.8. The molecule has 102 valence electrons. The predicted molar refractivity (Wildman–Crippen MR) is 74.7 cm³/mol. The van der Waals surface area contributed by atoms with Gasteiger partial charge >= 0.3 is 0 Å². The van der Waals surface area contributed by atoms with Crippen LogP contribution >= 0.6 is 22.9 Å². The van der Waals surface area contributed by atoms with Crippen LogP contribution in [0.25, 0.3) is 0 Å². The van der Waals surface area contributed by atoms with Crippen LogP contribution in [0, 0.1) is 6.92 Å². The number of rotatable bonds is 5. The Balaban J connectivity index is 1.81. The van der Waals surface area contributed by atoms with Crippen molar-refractivity contribution in [2.45, 2.75) is 13.5 Å². The van der Waals surface area contributed by atoms with Crippen molar-refractivity contribution in [1.82, 2.24) is 5.16 Å². The minimum absolute atomic E-state index is 0.0894. The van der Waals surface area contributed by atoms with Crippen molar-refractivity contribution >= 4 is 34.7 Å². The molecule has 0 spiro atoms. The molecule has 1 unspecified atom stereocenters. The van der Waals surface area contributed by atoms with Crippen LogP contribution < -0.4 is 10.2 Å². The fourth-order valence-electron chi connectivity index (χ4n) is 1.69. The smallest absolute Gasteiger partial charge is 0.280 e. The number of halogens is 1. The van der Waals surface area contributed by atoms with Crippen molar-refractivity contribution in [2.75, 3.05) is 18.9 Å². The van der Waals surface area contributed by atoms with Crippen LogP contribution in [0.2, 0.25) is 4.34 Å². The molecule has 0 aliphatic carbocycles. The highest BCUT2D eigenvalue weighted by Crippen LogP contribution is 2.20. The molecule has 0 fully saturated rings. The second-order valence-electron chi connectivity index (χ2n) is 4.39. The highest BCUT2D eigenvalue weighted by molar-refractivity contribution is 7.16. The Morgan fingerprint density at radius 3 is 2.95 bits per heavy atom. The fraction of sp³-hybridized carbons (Fsp3) is 0.333. The molecule has 2 N–H and O–H groups in total. The quantitative estimate of drug-likeness (QED) is 0.876. The highest BCUT2D eigenvalue weighted by Gasteiger charge is 2.13. The number of hydrogen-bond donors (Lipinski definition) is 2. The summed E-state index contributed by atoms with van der Waals surface area (Å²) in [6.07, 6.45) is 0. The number of anilines is 1. The molecule has 0 radical (unpaired) electrons. The Kier molecular flexibility index (Phi) is 4.57. The monoisotopic (exact) mass is 300 g/mol. The van der Waals surface area contributed by atoms with E-state index in [0.29, 0.717) is 18.1 Å². The van der Waals surface area contributed by atoms with E-state index in [1.165, 1.54) is 11.3 Å². The standard InChI is InChI=1S/C12H14ClN3O2S/c1-8-5-11(15-18-8)14-12(17)7-16(2)6-9-3-4-10(13)19-9/h3-5H,6-7H2,1-2H3,(H,14,15,17)/p+1. The Hall–Kier alpha value is -1.37. The van der Waals surface area contributed by atoms with E-state index in [4.69, 9.17) is 16.1 Å². The maximum atomic E-state index is 11.8. The zero-order valence-electron chi connectivity index (χ0n) is 10.7. The molecule has 0 bridgehead atoms. The minimum atomic E-state index is -0.0894. The Bertz CT molecular complexity index is 567. The molecule has 0 saturated heterocycles. The van der Waals surface area contributed by atoms with Crippen molar-refractivity contribution in [3.8, 4) is 0 Å². The van der Waals surface area contributed by atoms with Gasteiger partial charge in [0.2, 0.25) is 0 Å². The summed E-state index contributed by atoms with van der Waals surface area (Å²) in [7, 11) is 1.96. The summed E-state index contributed by atoms with van der Waals surface area (Å²) in [5, 5.41) is 6.42. The number of hydrogen-bond acceptors (Lipinski definition) is 4. The van der Waals surface area contributed by atoms with E-state index in [2.05, 4.69) is 10.5 Å². The summed E-state index contributed by atoms with van der Waals surface area (Å²) < 4.78 is 5.65. The summed E-state index contributed by atoms with van der Waals surface area (Å²) in [4.78, 5) is 14.0. The predicted octanol–water partition coefficient (Wildman–Crippen LogP) is 1.35. The summed E-state index contributed by atoms with van der Waals surface area (Å²) in [5.41, 5.74) is 0. The number of amides is 1. The molecule has 2 heterocycles. The lowest BCUT2D eigenvalue weighted by Crippen LogP contribution is -3.08. The van der Waals surface area contributed by atoms with E-state index in [0.717, 1.165) is 20.7 Å². The number of aromatic nitrogens is 1. The Labute approximate surface area is 120 Å². The molecular formula is C12H15ClN3O2S+. The molecule has 2 rings (SSSR count). The van der Waals surface area contributed by atoms with Gasteiger partial charge < -0.3 is 14.7 Å². The fourth-order valence-corrected chi connectivity index (χ4v) is 2.89. The van der Waals surface area contributed by atoms with Crippen LogP contribution in [-0.2, 0) is 11.3 Å². The lowest BCUT2D eigenvalue weighted by Gasteiger charge is -2.11. The van der Waals surface area contributed by atoms with E-state index in [9.17, 15) is 4.79 Å². The largest absolute Gasteiger partial charge is 0.360 e. The number of nitrogens with zero attached hydrogens (tertiary/aromatic N) is 1. The van der Waals surface area contributed by atoms with Crippen LogP contribution in [0.4, 0.5) is 5.82 Å². The third kappa shape index (κ3) is 4.34. The molecule has 0 aliphatic heterocycles. The van der Waals surface area contributed by atoms with Crippen LogP contribution in [0.5, 0.6) is 0 Å². The van der Waals surface area contributed by atoms with Crippen molar-refractivity contribution in [3.63, 3.8) is 0 Å². The van der Waals surface area contributed by atoms with Gasteiger partial charge in [-0.2, -0.15) is 0 Å². The summed E-state index contributed by atoms with van der Waals surface area (Å²) in [5.74, 6) is 1.03. The maximum absolute atomic E-state index is 11.8. The first-order valence-electron chi connectivity index (χ1n) is 5.81. The molecule has 5 nitrogen and oxygen atoms in total. The van der Waals surface area contributed by atoms with E-state index >= 15 is 0 Å². The van der Waals surface area contributed by atoms with Crippen LogP contribution in [0.1, 0.15) is 10.6 Å². The third-order valence-corrected chi connectivity index (χ3v) is 3.69. The Morgan fingerprint density at radius 2 is 2.37 bits per heavy atom. The van der Waals surface area contributed by atoms with Crippen LogP contribution in [-0.4, -0.2) is 24.7 Å². The van der Waals surface area contributed by atoms with Gasteiger partial charge in [-0.1, -0.05) is 16.8 Å². The number of carbonyl (C=O) groups is 1. The Morgan fingerprint density at radius 1 is 1.58 bits per heavy atom. The molecular weight excluding hydrogens is 286 g/mol. The van der Waals surface area contributed by atoms with Gasteiger partial charge in [-0.3, -0.25) is 4.79 Å². The van der Waals surface area contributed by atoms with Crippen molar-refractivity contribution in [2.24, 2.45) is 0 Å². The molecule has 0 aliphatic rings. The van der Waals surface area contributed by atoms with Gasteiger partial charge in [-0.05, 0) is 19.1 Å². The number of likely N-dealkylation sites (N-methyl/N-ethyl adjacent to an activating group) is 1. The molecule has 7 heteroatoms. The highest BCUT2D eigenvalue weighted by atomic mass is 35.5. The van der Waals surface area contributed by atoms with E-state index < -0.39 is 0 Å². The summed E-state index contributed by atoms with van der Waals surface area (Å²) >= 11 is 7.41. The van der Waals surface area contributed by atoms with Gasteiger partial charge in [-0.25, -0.2) is 0 Å². The molecule has 1 amide bonds. The molecule has 2 aromatic rings. The zero-order valence-corrected chi connectivity index (χ0v) is 12.3. The lowest BCUT2D eigenvalue weighted by atomic mass is 10.4. The third-order valence-electron chi connectivity index (χ3n) is 2.46. The van der Waals surface area contributed by atoms with Crippen LogP contribution in [0.3, 0.4) is 0 Å². The average molecular weight is 301 g/mol. The molecule has 1 atom stereocenters. The molecule has 2 aromatic heterocycles. The number of nitrogens with one attached hydrogen (secondary N) is 2. The van der Waals surface area contributed by atoms with E-state index in [1.807, 2.05) is 19.2 Å². The number of quaternary nitrogens is 1. The van der Waals surface area contributed by atoms with Gasteiger partial charge in [0.1, 0.15) is 12.3 Å². The van der Waals surface area contributed by atoms with E-state index in [1.54, 1.807) is 13.0 Å². The minimum Gasteiger partial charge on any atom is -0.360 e. The van der Waals surface area contributed by atoms with Crippen LogP contribution in [0.15, 0.2) is 22.7 Å². The SMILES string of the molecule is Cc1cc(NC(=O)C[NH+](C)Cc2ccc(Cl)s2)no1. The number of thiophene rings is 1. The second-order valence-corrected chi connectivity index (χ2v) is 6.19. The maximum Gasteiger partial charge on any atom is 0.280 e. The summed E-state index contributed by atoms with van der Waals surface area (Å²) in [6, 6.07) is 5.54. The number of aryl methyl sites for hydroxylation is 1. The normalized spacial score (nSPS) is 12.4. The first-order chi connectivity index (χ1) is 9.02. The van der Waals surface area contributed by atoms with Gasteiger partial charge in [0.05, 0.1) is 16.3 Å². The van der Waals surface area contributed by atoms with E-state index in [-0.39, 0.29) is 5.91 Å². The average Bonchev–Trinajstić information content (AvgIpc) is 2.87. The van der Waals surface area contributed by atoms with Gasteiger partial charge in [0.25, 0.3) is 5.91 Å². The van der Waals surface area contributed by atoms with Crippen molar-refractivity contribution < 1.29 is 14.2 Å². The summed E-state index contributed by atoms with van der Waals surface area (Å²) in [6.45, 7) is 2.91. The lowest BCUT2D eigenvalue weighted by molar-refractivity contribution is -0.884. The molecule has 19 heavy (non-hydrogen) atoms. The first-order valence-corrected chi connectivity index (χ1v) is 7.01.